The van der Waals surface area contributed by atoms with Crippen molar-refractivity contribution in [1.29, 1.82) is 0 Å². The highest BCUT2D eigenvalue weighted by molar-refractivity contribution is 7.14. The molecule has 0 aliphatic rings. The third-order valence-electron chi connectivity index (χ3n) is 3.37. The van der Waals surface area contributed by atoms with E-state index in [1.807, 2.05) is 54.1 Å². The van der Waals surface area contributed by atoms with Crippen molar-refractivity contribution in [2.24, 2.45) is 0 Å². The summed E-state index contributed by atoms with van der Waals surface area (Å²) in [6.07, 6.45) is 0. The van der Waals surface area contributed by atoms with E-state index < -0.39 is 0 Å². The molecule has 2 heterocycles. The summed E-state index contributed by atoms with van der Waals surface area (Å²) in [7, 11) is 0. The molecule has 0 unspecified atom stereocenters. The summed E-state index contributed by atoms with van der Waals surface area (Å²) >= 11 is 2.91. The lowest BCUT2D eigenvalue weighted by atomic mass is 10.2. The molecule has 0 aliphatic carbocycles. The van der Waals surface area contributed by atoms with E-state index in [9.17, 15) is 9.59 Å². The van der Waals surface area contributed by atoms with Crippen molar-refractivity contribution in [3.05, 3.63) is 74.1 Å². The van der Waals surface area contributed by atoms with Gasteiger partial charge in [-0.05, 0) is 48.2 Å². The minimum Gasteiger partial charge on any atom is -0.333 e. The predicted octanol–water partition coefficient (Wildman–Crippen LogP) is 4.67. The van der Waals surface area contributed by atoms with E-state index in [2.05, 4.69) is 10.6 Å². The maximum atomic E-state index is 12.2. The van der Waals surface area contributed by atoms with Crippen LogP contribution in [-0.2, 0) is 6.54 Å². The number of anilines is 1. The number of aryl methyl sites for hydroxylation is 1. The molecular formula is C18H16N2O2S2. The summed E-state index contributed by atoms with van der Waals surface area (Å²) in [5.74, 6) is 0.0247. The normalized spacial score (nSPS) is 10.4. The SMILES string of the molecule is Cc1cccc(NC(=O)NCc2ccc(C(=O)c3ccsc3)s2)c1. The fraction of sp³-hybridized carbons (Fsp3) is 0.111. The zero-order valence-electron chi connectivity index (χ0n) is 13.0. The Labute approximate surface area is 148 Å². The van der Waals surface area contributed by atoms with E-state index in [1.165, 1.54) is 22.7 Å². The molecule has 2 aromatic heterocycles. The second-order valence-corrected chi connectivity index (χ2v) is 7.23. The molecule has 24 heavy (non-hydrogen) atoms. The van der Waals surface area contributed by atoms with Crippen molar-refractivity contribution < 1.29 is 9.59 Å². The molecule has 0 bridgehead atoms. The molecule has 1 aromatic carbocycles. The highest BCUT2D eigenvalue weighted by Crippen LogP contribution is 2.21. The molecule has 0 aliphatic heterocycles. The Hall–Kier alpha value is -2.44. The van der Waals surface area contributed by atoms with Gasteiger partial charge in [0.05, 0.1) is 11.4 Å². The van der Waals surface area contributed by atoms with Gasteiger partial charge in [0.15, 0.2) is 0 Å². The van der Waals surface area contributed by atoms with Crippen LogP contribution in [-0.4, -0.2) is 11.8 Å². The molecule has 2 amide bonds. The van der Waals surface area contributed by atoms with Crippen LogP contribution in [0.2, 0.25) is 0 Å². The first kappa shape index (κ1) is 16.4. The first-order chi connectivity index (χ1) is 11.6. The van der Waals surface area contributed by atoms with Gasteiger partial charge in [-0.3, -0.25) is 4.79 Å². The Bertz CT molecular complexity index is 854. The van der Waals surface area contributed by atoms with Crippen molar-refractivity contribution in [3.8, 4) is 0 Å². The van der Waals surface area contributed by atoms with Crippen molar-refractivity contribution in [2.45, 2.75) is 13.5 Å². The third kappa shape index (κ3) is 4.10. The Morgan fingerprint density at radius 1 is 1.12 bits per heavy atom. The molecule has 0 saturated carbocycles. The van der Waals surface area contributed by atoms with Crippen LogP contribution in [0.4, 0.5) is 10.5 Å². The molecule has 0 spiro atoms. The standard InChI is InChI=1S/C18H16N2O2S2/c1-12-3-2-4-14(9-12)20-18(22)19-10-15-5-6-16(24-15)17(21)13-7-8-23-11-13/h2-9,11H,10H2,1H3,(H2,19,20,22). The molecule has 0 saturated heterocycles. The van der Waals surface area contributed by atoms with Crippen molar-refractivity contribution >= 4 is 40.2 Å². The number of thiophene rings is 2. The van der Waals surface area contributed by atoms with Crippen LogP contribution >= 0.6 is 22.7 Å². The number of amides is 2. The average molecular weight is 356 g/mol. The van der Waals surface area contributed by atoms with Gasteiger partial charge in [-0.2, -0.15) is 11.3 Å². The number of nitrogens with one attached hydrogen (secondary N) is 2. The minimum absolute atomic E-state index is 0.0247. The van der Waals surface area contributed by atoms with E-state index in [1.54, 1.807) is 6.07 Å². The van der Waals surface area contributed by atoms with Crippen molar-refractivity contribution in [2.75, 3.05) is 5.32 Å². The Kier molecular flexibility index (Phi) is 5.08. The Morgan fingerprint density at radius 2 is 2.00 bits per heavy atom. The largest absolute Gasteiger partial charge is 0.333 e. The second kappa shape index (κ2) is 7.42. The zero-order chi connectivity index (χ0) is 16.9. The van der Waals surface area contributed by atoms with Crippen LogP contribution in [0, 0.1) is 6.92 Å². The summed E-state index contributed by atoms with van der Waals surface area (Å²) < 4.78 is 0. The highest BCUT2D eigenvalue weighted by Gasteiger charge is 2.12. The number of ketones is 1. The fourth-order valence-electron chi connectivity index (χ4n) is 2.20. The lowest BCUT2D eigenvalue weighted by Gasteiger charge is -2.07. The maximum absolute atomic E-state index is 12.2. The molecule has 4 nitrogen and oxygen atoms in total. The number of urea groups is 1. The molecule has 0 radical (unpaired) electrons. The number of carbonyl (C=O) groups excluding carboxylic acids is 2. The topological polar surface area (TPSA) is 58.2 Å². The third-order valence-corrected chi connectivity index (χ3v) is 5.14. The summed E-state index contributed by atoms with van der Waals surface area (Å²) in [5, 5.41) is 9.33. The summed E-state index contributed by atoms with van der Waals surface area (Å²) in [6.45, 7) is 2.36. The monoisotopic (exact) mass is 356 g/mol. The molecule has 2 N–H and O–H groups in total. The molecule has 122 valence electrons. The first-order valence-electron chi connectivity index (χ1n) is 7.39. The number of rotatable bonds is 5. The van der Waals surface area contributed by atoms with Gasteiger partial charge in [-0.25, -0.2) is 4.79 Å². The van der Waals surface area contributed by atoms with Crippen molar-refractivity contribution in [1.82, 2.24) is 5.32 Å². The van der Waals surface area contributed by atoms with Gasteiger partial charge in [0.1, 0.15) is 0 Å². The number of hydrogen-bond donors (Lipinski definition) is 2. The molecular weight excluding hydrogens is 340 g/mol. The molecule has 0 atom stereocenters. The average Bonchev–Trinajstić information content (AvgIpc) is 3.24. The van der Waals surface area contributed by atoms with Crippen LogP contribution < -0.4 is 10.6 Å². The van der Waals surface area contributed by atoms with Gasteiger partial charge in [0, 0.05) is 21.5 Å². The number of benzene rings is 1. The minimum atomic E-state index is -0.264. The lowest BCUT2D eigenvalue weighted by Crippen LogP contribution is -2.27. The van der Waals surface area contributed by atoms with Crippen LogP contribution in [0.5, 0.6) is 0 Å². The summed E-state index contributed by atoms with van der Waals surface area (Å²) in [4.78, 5) is 25.8. The van der Waals surface area contributed by atoms with Gasteiger partial charge < -0.3 is 10.6 Å². The smallest absolute Gasteiger partial charge is 0.319 e. The number of hydrogen-bond acceptors (Lipinski definition) is 4. The van der Waals surface area contributed by atoms with Gasteiger partial charge in [0.2, 0.25) is 5.78 Å². The van der Waals surface area contributed by atoms with E-state index in [-0.39, 0.29) is 11.8 Å². The molecule has 3 aromatic rings. The quantitative estimate of drug-likeness (QED) is 0.653. The second-order valence-electron chi connectivity index (χ2n) is 5.28. The van der Waals surface area contributed by atoms with Crippen LogP contribution in [0.25, 0.3) is 0 Å². The Balaban J connectivity index is 1.55. The van der Waals surface area contributed by atoms with Crippen LogP contribution in [0.1, 0.15) is 25.7 Å². The van der Waals surface area contributed by atoms with E-state index in [0.717, 1.165) is 16.1 Å². The van der Waals surface area contributed by atoms with Crippen LogP contribution in [0.3, 0.4) is 0 Å². The molecule has 3 rings (SSSR count). The highest BCUT2D eigenvalue weighted by atomic mass is 32.1. The predicted molar refractivity (Wildman–Crippen MR) is 99.1 cm³/mol. The molecule has 0 fully saturated rings. The van der Waals surface area contributed by atoms with Gasteiger partial charge >= 0.3 is 6.03 Å². The summed E-state index contributed by atoms with van der Waals surface area (Å²) in [5.41, 5.74) is 2.55. The van der Waals surface area contributed by atoms with Crippen molar-refractivity contribution in [3.63, 3.8) is 0 Å². The van der Waals surface area contributed by atoms with Gasteiger partial charge in [0.25, 0.3) is 0 Å². The van der Waals surface area contributed by atoms with E-state index >= 15 is 0 Å². The summed E-state index contributed by atoms with van der Waals surface area (Å²) in [6, 6.07) is 12.8. The van der Waals surface area contributed by atoms with E-state index in [4.69, 9.17) is 0 Å². The number of carbonyl (C=O) groups is 2. The fourth-order valence-corrected chi connectivity index (χ4v) is 3.74. The molecule has 6 heteroatoms. The lowest BCUT2D eigenvalue weighted by molar-refractivity contribution is 0.104. The van der Waals surface area contributed by atoms with Gasteiger partial charge in [-0.1, -0.05) is 12.1 Å². The maximum Gasteiger partial charge on any atom is 0.319 e. The van der Waals surface area contributed by atoms with Gasteiger partial charge in [-0.15, -0.1) is 11.3 Å². The van der Waals surface area contributed by atoms with E-state index in [0.29, 0.717) is 17.0 Å². The Morgan fingerprint density at radius 3 is 2.75 bits per heavy atom. The first-order valence-corrected chi connectivity index (χ1v) is 9.15. The zero-order valence-corrected chi connectivity index (χ0v) is 14.7. The van der Waals surface area contributed by atoms with Crippen LogP contribution in [0.15, 0.2) is 53.2 Å².